The van der Waals surface area contributed by atoms with E-state index in [2.05, 4.69) is 17.0 Å². The number of ether oxygens (including phenoxy) is 2. The molecule has 1 amide bonds. The standard InChI is InChI=1S/C23H31ClN3O8P/c1-14(2)33-21(30)15(3)26-36(31,35-17-9-7-6-8-10-17)32-13-18-20(29)23(5,24)22(34-18)27-12-11-19(28)25-16(27)4/h6-12,14-15,18,20,22,29H,4,13H2,1-3,5H3,(H,25,28)(H,26,31)/t15-,18?,20-,22-,23-,36+/m1/s1. The molecule has 2 heterocycles. The van der Waals surface area contributed by atoms with E-state index in [1.165, 1.54) is 24.1 Å². The highest BCUT2D eigenvalue weighted by atomic mass is 35.5. The molecule has 1 unspecified atom stereocenters. The molecule has 0 saturated carbocycles. The number of carbonyl (C=O) groups excluding carboxylic acids is 2. The predicted molar refractivity (Wildman–Crippen MR) is 132 cm³/mol. The van der Waals surface area contributed by atoms with Crippen molar-refractivity contribution in [2.24, 2.45) is 0 Å². The molecule has 0 radical (unpaired) electrons. The molecule has 1 fully saturated rings. The second-order valence-electron chi connectivity index (χ2n) is 8.82. The van der Waals surface area contributed by atoms with Crippen molar-refractivity contribution >= 4 is 31.2 Å². The summed E-state index contributed by atoms with van der Waals surface area (Å²) in [5.41, 5.74) is 0. The predicted octanol–water partition coefficient (Wildman–Crippen LogP) is 2.62. The molecule has 1 aromatic carbocycles. The van der Waals surface area contributed by atoms with Crippen molar-refractivity contribution in [2.75, 3.05) is 6.61 Å². The van der Waals surface area contributed by atoms with Gasteiger partial charge in [0.2, 0.25) is 0 Å². The van der Waals surface area contributed by atoms with Crippen LogP contribution in [0.25, 0.3) is 0 Å². The first-order valence-electron chi connectivity index (χ1n) is 11.3. The average Bonchev–Trinajstić information content (AvgIpc) is 3.01. The molecule has 2 aliphatic rings. The molecular formula is C23H31ClN3O8P. The fraction of sp³-hybridized carbons (Fsp3) is 0.478. The Morgan fingerprint density at radius 1 is 1.36 bits per heavy atom. The van der Waals surface area contributed by atoms with E-state index in [0.29, 0.717) is 0 Å². The third kappa shape index (κ3) is 6.67. The summed E-state index contributed by atoms with van der Waals surface area (Å²) in [7, 11) is -4.17. The maximum absolute atomic E-state index is 13.7. The topological polar surface area (TPSA) is 136 Å². The molecule has 1 saturated heterocycles. The van der Waals surface area contributed by atoms with Gasteiger partial charge >= 0.3 is 13.7 Å². The molecule has 1 aromatic rings. The lowest BCUT2D eigenvalue weighted by Gasteiger charge is -2.36. The molecule has 36 heavy (non-hydrogen) atoms. The average molecular weight is 544 g/mol. The molecule has 198 valence electrons. The zero-order chi connectivity index (χ0) is 26.7. The van der Waals surface area contributed by atoms with Crippen LogP contribution in [0.4, 0.5) is 0 Å². The van der Waals surface area contributed by atoms with Gasteiger partial charge in [-0.2, -0.15) is 5.09 Å². The maximum Gasteiger partial charge on any atom is 0.459 e. The number of rotatable bonds is 10. The van der Waals surface area contributed by atoms with Gasteiger partial charge in [-0.1, -0.05) is 24.8 Å². The zero-order valence-corrected chi connectivity index (χ0v) is 22.1. The molecular weight excluding hydrogens is 513 g/mol. The van der Waals surface area contributed by atoms with E-state index in [9.17, 15) is 19.3 Å². The summed E-state index contributed by atoms with van der Waals surface area (Å²) in [6.07, 6.45) is -0.907. The SMILES string of the molecule is C=C1NC(=O)C=CN1[C@@H]1OC(CO[P@@](=O)(N[C@H](C)C(=O)OC(C)C)Oc2ccccc2)[C@@H](O)[C@@]1(C)Cl. The van der Waals surface area contributed by atoms with Gasteiger partial charge in [-0.05, 0) is 39.8 Å². The quantitative estimate of drug-likeness (QED) is 0.229. The number of alkyl halides is 1. The summed E-state index contributed by atoms with van der Waals surface area (Å²) in [5.74, 6) is -0.559. The zero-order valence-electron chi connectivity index (χ0n) is 20.4. The second-order valence-corrected chi connectivity index (χ2v) is 11.3. The molecule has 2 aliphatic heterocycles. The summed E-state index contributed by atoms with van der Waals surface area (Å²) < 4.78 is 36.0. The van der Waals surface area contributed by atoms with Gasteiger partial charge in [0.05, 0.1) is 12.7 Å². The first-order chi connectivity index (χ1) is 16.8. The number of halogens is 1. The molecule has 0 spiro atoms. The van der Waals surface area contributed by atoms with Crippen LogP contribution in [-0.4, -0.2) is 63.9 Å². The fourth-order valence-electron chi connectivity index (χ4n) is 3.56. The molecule has 6 atom stereocenters. The molecule has 0 aliphatic carbocycles. The van der Waals surface area contributed by atoms with Crippen LogP contribution in [0.5, 0.6) is 5.75 Å². The molecule has 0 aromatic heterocycles. The fourth-order valence-corrected chi connectivity index (χ4v) is 5.36. The number of para-hydroxylation sites is 1. The normalized spacial score (nSPS) is 28.5. The minimum Gasteiger partial charge on any atom is -0.462 e. The van der Waals surface area contributed by atoms with E-state index in [1.54, 1.807) is 51.1 Å². The van der Waals surface area contributed by atoms with Crippen LogP contribution >= 0.6 is 19.3 Å². The van der Waals surface area contributed by atoms with E-state index in [1.807, 2.05) is 0 Å². The maximum atomic E-state index is 13.7. The summed E-state index contributed by atoms with van der Waals surface area (Å²) in [5, 5.41) is 16.0. The third-order valence-electron chi connectivity index (χ3n) is 5.37. The lowest BCUT2D eigenvalue weighted by atomic mass is 10.0. The van der Waals surface area contributed by atoms with Crippen LogP contribution in [0.1, 0.15) is 27.7 Å². The monoisotopic (exact) mass is 543 g/mol. The van der Waals surface area contributed by atoms with Crippen LogP contribution < -0.4 is 14.9 Å². The molecule has 13 heteroatoms. The minimum atomic E-state index is -4.17. The van der Waals surface area contributed by atoms with Gasteiger partial charge in [0.1, 0.15) is 34.7 Å². The largest absolute Gasteiger partial charge is 0.462 e. The Kier molecular flexibility index (Phi) is 8.87. The molecule has 0 bridgehead atoms. The van der Waals surface area contributed by atoms with E-state index in [0.717, 1.165) is 0 Å². The van der Waals surface area contributed by atoms with Crippen molar-refractivity contribution in [3.05, 3.63) is 55.0 Å². The van der Waals surface area contributed by atoms with Gasteiger partial charge in [0.15, 0.2) is 6.23 Å². The van der Waals surface area contributed by atoms with Gasteiger partial charge in [-0.25, -0.2) is 4.57 Å². The number of aliphatic hydroxyl groups excluding tert-OH is 1. The van der Waals surface area contributed by atoms with Crippen LogP contribution in [-0.2, 0) is 28.2 Å². The number of hydrogen-bond donors (Lipinski definition) is 3. The first-order valence-corrected chi connectivity index (χ1v) is 13.2. The lowest BCUT2D eigenvalue weighted by molar-refractivity contribution is -0.149. The first kappa shape index (κ1) is 28.2. The summed E-state index contributed by atoms with van der Waals surface area (Å²) in [6.45, 7) is 9.78. The number of esters is 1. The summed E-state index contributed by atoms with van der Waals surface area (Å²) >= 11 is 6.63. The number of amides is 1. The number of benzene rings is 1. The van der Waals surface area contributed by atoms with Gasteiger partial charge in [-0.3, -0.25) is 14.1 Å². The van der Waals surface area contributed by atoms with Crippen LogP contribution in [0.3, 0.4) is 0 Å². The van der Waals surface area contributed by atoms with E-state index >= 15 is 0 Å². The van der Waals surface area contributed by atoms with Crippen molar-refractivity contribution in [3.8, 4) is 5.75 Å². The lowest BCUT2D eigenvalue weighted by Crippen LogP contribution is -2.50. The summed E-state index contributed by atoms with van der Waals surface area (Å²) in [4.78, 5) is 24.0. The van der Waals surface area contributed by atoms with E-state index < -0.39 is 49.7 Å². The second kappa shape index (κ2) is 11.3. The molecule has 11 nitrogen and oxygen atoms in total. The Hall–Kier alpha value is -2.40. The van der Waals surface area contributed by atoms with Crippen molar-refractivity contribution in [1.82, 2.24) is 15.3 Å². The van der Waals surface area contributed by atoms with Gasteiger partial charge in [0, 0.05) is 12.3 Å². The highest BCUT2D eigenvalue weighted by molar-refractivity contribution is 7.52. The third-order valence-corrected chi connectivity index (χ3v) is 7.42. The Morgan fingerprint density at radius 3 is 2.64 bits per heavy atom. The Bertz CT molecular complexity index is 1050. The van der Waals surface area contributed by atoms with Gasteiger partial charge in [-0.15, -0.1) is 11.6 Å². The molecule has 3 rings (SSSR count). The van der Waals surface area contributed by atoms with E-state index in [4.69, 9.17) is 30.1 Å². The van der Waals surface area contributed by atoms with E-state index in [-0.39, 0.29) is 23.6 Å². The van der Waals surface area contributed by atoms with Crippen LogP contribution in [0.15, 0.2) is 55.0 Å². The Balaban J connectivity index is 1.76. The van der Waals surface area contributed by atoms with Crippen molar-refractivity contribution in [3.63, 3.8) is 0 Å². The summed E-state index contributed by atoms with van der Waals surface area (Å²) in [6, 6.07) is 7.23. The van der Waals surface area contributed by atoms with Crippen molar-refractivity contribution < 1.29 is 37.8 Å². The number of carbonyl (C=O) groups is 2. The Morgan fingerprint density at radius 2 is 2.03 bits per heavy atom. The molecule has 3 N–H and O–H groups in total. The van der Waals surface area contributed by atoms with Gasteiger partial charge in [0.25, 0.3) is 5.91 Å². The highest BCUT2D eigenvalue weighted by Gasteiger charge is 2.55. The smallest absolute Gasteiger partial charge is 0.459 e. The number of aliphatic hydroxyl groups is 1. The van der Waals surface area contributed by atoms with Crippen molar-refractivity contribution in [1.29, 1.82) is 0 Å². The Labute approximate surface area is 214 Å². The van der Waals surface area contributed by atoms with Crippen LogP contribution in [0.2, 0.25) is 0 Å². The van der Waals surface area contributed by atoms with Crippen LogP contribution in [0, 0.1) is 0 Å². The number of nitrogens with one attached hydrogen (secondary N) is 2. The number of nitrogens with zero attached hydrogens (tertiary/aromatic N) is 1. The minimum absolute atomic E-state index is 0.213. The van der Waals surface area contributed by atoms with Crippen molar-refractivity contribution in [2.45, 2.75) is 63.2 Å². The number of hydrogen-bond acceptors (Lipinski definition) is 9. The highest BCUT2D eigenvalue weighted by Crippen LogP contribution is 2.47. The van der Waals surface area contributed by atoms with Gasteiger partial charge < -0.3 is 29.3 Å².